The Hall–Kier alpha value is -0.960. The molecule has 0 aliphatic rings. The van der Waals surface area contributed by atoms with Crippen LogP contribution in [0.15, 0.2) is 12.2 Å². The van der Waals surface area contributed by atoms with E-state index in [0.717, 1.165) is 38.5 Å². The summed E-state index contributed by atoms with van der Waals surface area (Å²) in [7, 11) is -4.44. The van der Waals surface area contributed by atoms with E-state index in [4.69, 9.17) is 0 Å². The number of unbranched alkanes of at least 4 members (excludes halogenated alkanes) is 35. The quantitative estimate of drug-likeness (QED) is 0.0276. The van der Waals surface area contributed by atoms with Gasteiger partial charge in [-0.05, 0) is 19.3 Å². The Morgan fingerprint density at radius 2 is 0.782 bits per heavy atom. The van der Waals surface area contributed by atoms with Crippen LogP contribution in [0.2, 0.25) is 0 Å². The molecule has 328 valence electrons. The molecule has 0 aromatic heterocycles. The average Bonchev–Trinajstić information content (AvgIpc) is 3.15. The second-order valence-electron chi connectivity index (χ2n) is 16.9. The predicted octanol–water partition coefficient (Wildman–Crippen LogP) is 13.5. The number of amides is 1. The normalized spacial score (nSPS) is 13.8. The van der Waals surface area contributed by atoms with Gasteiger partial charge in [0.2, 0.25) is 5.91 Å². The first kappa shape index (κ1) is 54.0. The third kappa shape index (κ3) is 41.0. The van der Waals surface area contributed by atoms with Crippen LogP contribution in [-0.2, 0) is 14.9 Å². The van der Waals surface area contributed by atoms with E-state index in [-0.39, 0.29) is 6.42 Å². The Morgan fingerprint density at radius 1 is 0.491 bits per heavy atom. The van der Waals surface area contributed by atoms with Crippen molar-refractivity contribution in [3.63, 3.8) is 0 Å². The zero-order valence-electron chi connectivity index (χ0n) is 36.4. The highest BCUT2D eigenvalue weighted by Gasteiger charge is 2.27. The van der Waals surface area contributed by atoms with Crippen LogP contribution in [0, 0.1) is 0 Å². The van der Waals surface area contributed by atoms with E-state index in [2.05, 4.69) is 19.2 Å². The second-order valence-corrected chi connectivity index (χ2v) is 18.4. The number of nitrogens with one attached hydrogen (secondary N) is 1. The van der Waals surface area contributed by atoms with Crippen molar-refractivity contribution in [3.05, 3.63) is 12.2 Å². The zero-order valence-corrected chi connectivity index (χ0v) is 37.3. The molecular weight excluding hydrogens is 707 g/mol. The number of aliphatic hydroxyl groups excluding tert-OH is 2. The maximum Gasteiger partial charge on any atom is 0.267 e. The molecular formula is C47H93NO6S. The second kappa shape index (κ2) is 41.2. The molecule has 0 heterocycles. The highest BCUT2D eigenvalue weighted by molar-refractivity contribution is 7.85. The molecule has 55 heavy (non-hydrogen) atoms. The summed E-state index contributed by atoms with van der Waals surface area (Å²) in [5.41, 5.74) is 0. The first-order valence-corrected chi connectivity index (χ1v) is 25.6. The largest absolute Gasteiger partial charge is 0.387 e. The lowest BCUT2D eigenvalue weighted by molar-refractivity contribution is -0.130. The molecule has 4 N–H and O–H groups in total. The van der Waals surface area contributed by atoms with Gasteiger partial charge in [-0.25, -0.2) is 0 Å². The van der Waals surface area contributed by atoms with Crippen LogP contribution < -0.4 is 5.32 Å². The van der Waals surface area contributed by atoms with Crippen LogP contribution in [0.3, 0.4) is 0 Å². The van der Waals surface area contributed by atoms with Crippen molar-refractivity contribution in [2.24, 2.45) is 0 Å². The molecule has 1 amide bonds. The summed E-state index contributed by atoms with van der Waals surface area (Å²) in [6.07, 6.45) is 48.4. The zero-order chi connectivity index (χ0) is 40.5. The topological polar surface area (TPSA) is 124 Å². The maximum atomic E-state index is 12.6. The first-order chi connectivity index (χ1) is 26.7. The van der Waals surface area contributed by atoms with Gasteiger partial charge in [0.05, 0.1) is 17.9 Å². The molecule has 3 atom stereocenters. The number of allylic oxidation sites excluding steroid dienone is 1. The molecule has 0 spiro atoms. The Morgan fingerprint density at radius 3 is 1.09 bits per heavy atom. The fourth-order valence-corrected chi connectivity index (χ4v) is 8.37. The summed E-state index contributed by atoms with van der Waals surface area (Å²) in [5, 5.41) is 23.5. The van der Waals surface area contributed by atoms with Crippen molar-refractivity contribution in [2.75, 3.05) is 5.75 Å². The molecule has 0 aromatic rings. The van der Waals surface area contributed by atoms with E-state index in [1.54, 1.807) is 0 Å². The van der Waals surface area contributed by atoms with Gasteiger partial charge in [0, 0.05) is 0 Å². The van der Waals surface area contributed by atoms with Crippen LogP contribution >= 0.6 is 0 Å². The van der Waals surface area contributed by atoms with Gasteiger partial charge in [0.15, 0.2) is 0 Å². The van der Waals surface area contributed by atoms with Crippen molar-refractivity contribution >= 4 is 16.0 Å². The van der Waals surface area contributed by atoms with E-state index in [1.165, 1.54) is 199 Å². The summed E-state index contributed by atoms with van der Waals surface area (Å²) in [6, 6.07) is -1.23. The molecule has 8 heteroatoms. The van der Waals surface area contributed by atoms with Gasteiger partial charge in [-0.3, -0.25) is 9.35 Å². The number of aliphatic hydroxyl groups is 2. The summed E-state index contributed by atoms with van der Waals surface area (Å²) >= 11 is 0. The van der Waals surface area contributed by atoms with Gasteiger partial charge >= 0.3 is 0 Å². The highest BCUT2D eigenvalue weighted by Crippen LogP contribution is 2.17. The molecule has 0 saturated heterocycles. The lowest BCUT2D eigenvalue weighted by Gasteiger charge is -2.22. The van der Waals surface area contributed by atoms with Gasteiger partial charge in [0.25, 0.3) is 10.1 Å². The number of carbonyl (C=O) groups is 1. The minimum Gasteiger partial charge on any atom is -0.387 e. The van der Waals surface area contributed by atoms with Gasteiger partial charge in [-0.15, -0.1) is 0 Å². The molecule has 0 radical (unpaired) electrons. The van der Waals surface area contributed by atoms with Crippen molar-refractivity contribution < 1.29 is 28.0 Å². The Kier molecular flexibility index (Phi) is 40.5. The lowest BCUT2D eigenvalue weighted by atomic mass is 10.0. The SMILES string of the molecule is CCCCCCCCCCCCCCCCCCCCC/C=C/C(O)C(CS(=O)(=O)O)NC(=O)C(O)CCCCCCCCCCCCCCCCCCC. The van der Waals surface area contributed by atoms with Crippen LogP contribution in [0.5, 0.6) is 0 Å². The summed E-state index contributed by atoms with van der Waals surface area (Å²) in [5.74, 6) is -1.52. The van der Waals surface area contributed by atoms with Gasteiger partial charge in [-0.1, -0.05) is 251 Å². The standard InChI is InChI=1S/C47H93NO6S/c1-3-5-7-9-11-13-15-17-19-21-22-23-24-26-27-29-31-33-35-37-39-41-45(49)44(43-55(52,53)54)48-47(51)46(50)42-40-38-36-34-32-30-28-25-20-18-16-14-12-10-8-6-4-2/h39,41,44-46,49-50H,3-38,40,42-43H2,1-2H3,(H,48,51)(H,52,53,54)/b41-39+. The summed E-state index contributed by atoms with van der Waals surface area (Å²) in [4.78, 5) is 12.6. The van der Waals surface area contributed by atoms with Gasteiger partial charge in [-0.2, -0.15) is 8.42 Å². The van der Waals surface area contributed by atoms with Crippen molar-refractivity contribution in [3.8, 4) is 0 Å². The predicted molar refractivity (Wildman–Crippen MR) is 236 cm³/mol. The van der Waals surface area contributed by atoms with E-state index < -0.39 is 40.0 Å². The molecule has 7 nitrogen and oxygen atoms in total. The lowest BCUT2D eigenvalue weighted by Crippen LogP contribution is -2.50. The average molecular weight is 800 g/mol. The van der Waals surface area contributed by atoms with Crippen LogP contribution in [0.25, 0.3) is 0 Å². The van der Waals surface area contributed by atoms with Gasteiger partial charge in [0.1, 0.15) is 6.10 Å². The van der Waals surface area contributed by atoms with E-state index in [0.29, 0.717) is 6.42 Å². The third-order valence-corrected chi connectivity index (χ3v) is 12.1. The Balaban J connectivity index is 3.91. The fraction of sp³-hybridized carbons (Fsp3) is 0.936. The molecule has 0 aliphatic heterocycles. The van der Waals surface area contributed by atoms with E-state index in [1.807, 2.05) is 6.08 Å². The molecule has 0 bridgehead atoms. The number of rotatable bonds is 44. The molecule has 0 fully saturated rings. The van der Waals surface area contributed by atoms with Crippen LogP contribution in [-0.4, -0.2) is 53.1 Å². The van der Waals surface area contributed by atoms with Gasteiger partial charge < -0.3 is 15.5 Å². The fourth-order valence-electron chi connectivity index (χ4n) is 7.64. The molecule has 3 unspecified atom stereocenters. The Labute approximate surface area is 342 Å². The monoisotopic (exact) mass is 800 g/mol. The molecule has 0 aliphatic carbocycles. The smallest absolute Gasteiger partial charge is 0.267 e. The van der Waals surface area contributed by atoms with Crippen molar-refractivity contribution in [1.82, 2.24) is 5.32 Å². The summed E-state index contributed by atoms with van der Waals surface area (Å²) in [6.45, 7) is 4.54. The maximum absolute atomic E-state index is 12.6. The van der Waals surface area contributed by atoms with Crippen molar-refractivity contribution in [1.29, 1.82) is 0 Å². The molecule has 0 aromatic carbocycles. The number of hydrogen-bond acceptors (Lipinski definition) is 5. The number of hydrogen-bond donors (Lipinski definition) is 4. The molecule has 0 saturated carbocycles. The van der Waals surface area contributed by atoms with E-state index >= 15 is 0 Å². The van der Waals surface area contributed by atoms with Crippen LogP contribution in [0.1, 0.15) is 258 Å². The first-order valence-electron chi connectivity index (χ1n) is 24.0. The van der Waals surface area contributed by atoms with Crippen molar-refractivity contribution in [2.45, 2.75) is 276 Å². The minimum atomic E-state index is -4.44. The molecule has 0 rings (SSSR count). The minimum absolute atomic E-state index is 0.286. The van der Waals surface area contributed by atoms with Crippen LogP contribution in [0.4, 0.5) is 0 Å². The Bertz CT molecular complexity index is 942. The number of carbonyl (C=O) groups excluding carboxylic acids is 1. The van der Waals surface area contributed by atoms with E-state index in [9.17, 15) is 28.0 Å². The highest BCUT2D eigenvalue weighted by atomic mass is 32.2. The third-order valence-electron chi connectivity index (χ3n) is 11.3. The summed E-state index contributed by atoms with van der Waals surface area (Å²) < 4.78 is 32.7.